The van der Waals surface area contributed by atoms with Crippen LogP contribution in [0.15, 0.2) is 18.5 Å². The van der Waals surface area contributed by atoms with Crippen molar-refractivity contribution in [2.45, 2.75) is 43.9 Å². The molecule has 0 aromatic carbocycles. The van der Waals surface area contributed by atoms with E-state index in [1.807, 2.05) is 6.08 Å². The van der Waals surface area contributed by atoms with Crippen LogP contribution in [0.4, 0.5) is 13.2 Å². The second kappa shape index (κ2) is 6.32. The van der Waals surface area contributed by atoms with Crippen molar-refractivity contribution >= 4 is 0 Å². The summed E-state index contributed by atoms with van der Waals surface area (Å²) >= 11 is 0. The molecule has 2 aliphatic rings. The maximum atomic E-state index is 12.6. The highest BCUT2D eigenvalue weighted by molar-refractivity contribution is 5.09. The third-order valence-corrected chi connectivity index (χ3v) is 4.28. The van der Waals surface area contributed by atoms with Gasteiger partial charge >= 0.3 is 6.18 Å². The molecule has 1 fully saturated rings. The number of aromatic amines is 1. The number of halogens is 3. The summed E-state index contributed by atoms with van der Waals surface area (Å²) in [6.45, 7) is 2.52. The predicted octanol–water partition coefficient (Wildman–Crippen LogP) is 3.30. The number of ether oxygens (including phenoxy) is 1. The minimum atomic E-state index is -4.36. The normalized spacial score (nSPS) is 26.9. The summed E-state index contributed by atoms with van der Waals surface area (Å²) in [6, 6.07) is 0. The van der Waals surface area contributed by atoms with Crippen molar-refractivity contribution in [3.8, 4) is 0 Å². The molecule has 2 aliphatic heterocycles. The second-order valence-electron chi connectivity index (χ2n) is 5.99. The fourth-order valence-corrected chi connectivity index (χ4v) is 3.14. The zero-order chi connectivity index (χ0) is 15.6. The minimum Gasteiger partial charge on any atom is -0.497 e. The molecular weight excluding hydrogens is 295 g/mol. The number of hydrogen-bond donors (Lipinski definition) is 1. The smallest absolute Gasteiger partial charge is 0.432 e. The lowest BCUT2D eigenvalue weighted by Gasteiger charge is -2.34. The number of piperidine rings is 1. The van der Waals surface area contributed by atoms with Crippen molar-refractivity contribution < 1.29 is 17.9 Å². The number of H-pyrrole nitrogens is 1. The number of aromatic nitrogens is 2. The van der Waals surface area contributed by atoms with Crippen LogP contribution in [0, 0.1) is 0 Å². The fraction of sp³-hybridized carbons (Fsp3) is 0.667. The summed E-state index contributed by atoms with van der Waals surface area (Å²) in [5, 5.41) is 0. The van der Waals surface area contributed by atoms with E-state index in [2.05, 4.69) is 14.9 Å². The van der Waals surface area contributed by atoms with Gasteiger partial charge in [-0.3, -0.25) is 4.90 Å². The van der Waals surface area contributed by atoms with Crippen LogP contribution < -0.4 is 0 Å². The zero-order valence-electron chi connectivity index (χ0n) is 12.3. The molecule has 122 valence electrons. The van der Waals surface area contributed by atoms with Crippen molar-refractivity contribution in [2.24, 2.45) is 0 Å². The molecule has 1 aromatic heterocycles. The molecule has 1 saturated heterocycles. The first kappa shape index (κ1) is 15.4. The van der Waals surface area contributed by atoms with Gasteiger partial charge in [0.05, 0.1) is 12.5 Å². The molecule has 1 aromatic rings. The first-order chi connectivity index (χ1) is 10.5. The van der Waals surface area contributed by atoms with E-state index in [9.17, 15) is 13.2 Å². The maximum absolute atomic E-state index is 12.6. The van der Waals surface area contributed by atoms with Crippen molar-refractivity contribution in [3.05, 3.63) is 30.1 Å². The number of alkyl halides is 3. The molecule has 0 spiro atoms. The van der Waals surface area contributed by atoms with Crippen LogP contribution in [0.25, 0.3) is 0 Å². The number of nitrogens with zero attached hydrogens (tertiary/aromatic N) is 2. The predicted molar refractivity (Wildman–Crippen MR) is 75.3 cm³/mol. The van der Waals surface area contributed by atoms with Crippen LogP contribution >= 0.6 is 0 Å². The van der Waals surface area contributed by atoms with E-state index < -0.39 is 11.9 Å². The molecule has 3 heterocycles. The minimum absolute atomic E-state index is 0.0315. The number of imidazole rings is 1. The molecule has 0 aliphatic carbocycles. The summed E-state index contributed by atoms with van der Waals surface area (Å²) in [4.78, 5) is 8.66. The molecule has 0 saturated carbocycles. The van der Waals surface area contributed by atoms with Gasteiger partial charge in [-0.2, -0.15) is 13.2 Å². The van der Waals surface area contributed by atoms with E-state index in [0.29, 0.717) is 5.82 Å². The Kier molecular flexibility index (Phi) is 4.42. The molecule has 22 heavy (non-hydrogen) atoms. The molecule has 3 rings (SSSR count). The third-order valence-electron chi connectivity index (χ3n) is 4.28. The zero-order valence-corrected chi connectivity index (χ0v) is 12.3. The molecule has 0 radical (unpaired) electrons. The number of hydrogen-bond acceptors (Lipinski definition) is 3. The Morgan fingerprint density at radius 2 is 2.23 bits per heavy atom. The molecule has 7 heteroatoms. The highest BCUT2D eigenvalue weighted by atomic mass is 19.4. The lowest BCUT2D eigenvalue weighted by Crippen LogP contribution is -2.40. The number of allylic oxidation sites excluding steroid dienone is 1. The Bertz CT molecular complexity index is 526. The Hall–Kier alpha value is -1.50. The van der Waals surface area contributed by atoms with Gasteiger partial charge in [-0.1, -0.05) is 0 Å². The average molecular weight is 315 g/mol. The van der Waals surface area contributed by atoms with E-state index >= 15 is 0 Å². The highest BCUT2D eigenvalue weighted by Crippen LogP contribution is 2.31. The Morgan fingerprint density at radius 1 is 1.36 bits per heavy atom. The molecule has 4 nitrogen and oxygen atoms in total. The summed E-state index contributed by atoms with van der Waals surface area (Å²) in [7, 11) is 0. The van der Waals surface area contributed by atoms with Crippen LogP contribution in [0.5, 0.6) is 0 Å². The monoisotopic (exact) mass is 315 g/mol. The Balaban J connectivity index is 1.60. The quantitative estimate of drug-likeness (QED) is 0.930. The van der Waals surface area contributed by atoms with Gasteiger partial charge in [0.15, 0.2) is 0 Å². The van der Waals surface area contributed by atoms with E-state index in [-0.39, 0.29) is 12.0 Å². The van der Waals surface area contributed by atoms with Crippen molar-refractivity contribution in [3.63, 3.8) is 0 Å². The average Bonchev–Trinajstić information content (AvgIpc) is 2.99. The maximum Gasteiger partial charge on any atom is 0.432 e. The van der Waals surface area contributed by atoms with Crippen LogP contribution in [0.1, 0.15) is 43.1 Å². The lowest BCUT2D eigenvalue weighted by atomic mass is 9.96. The lowest BCUT2D eigenvalue weighted by molar-refractivity contribution is -0.141. The fourth-order valence-electron chi connectivity index (χ4n) is 3.14. The van der Waals surface area contributed by atoms with Crippen LogP contribution in [0.2, 0.25) is 0 Å². The molecule has 1 N–H and O–H groups in total. The Labute approximate surface area is 127 Å². The van der Waals surface area contributed by atoms with Crippen LogP contribution in [0.3, 0.4) is 0 Å². The van der Waals surface area contributed by atoms with Gasteiger partial charge < -0.3 is 9.72 Å². The standard InChI is InChI=1S/C15H20F3N3O/c16-15(17,18)13-8-19-14(20-13)11-4-3-6-21(9-11)10-12-5-1-2-7-22-12/h2,7-8,11-12H,1,3-6,9-10H2,(H,19,20)/t11-,12-/m1/s1. The Morgan fingerprint density at radius 3 is 2.91 bits per heavy atom. The topological polar surface area (TPSA) is 41.2 Å². The van der Waals surface area contributed by atoms with Crippen LogP contribution in [-0.4, -0.2) is 40.6 Å². The highest BCUT2D eigenvalue weighted by Gasteiger charge is 2.34. The van der Waals surface area contributed by atoms with Gasteiger partial charge in [-0.15, -0.1) is 0 Å². The first-order valence-electron chi connectivity index (χ1n) is 7.67. The van der Waals surface area contributed by atoms with E-state index in [0.717, 1.165) is 51.5 Å². The van der Waals surface area contributed by atoms with Gasteiger partial charge in [-0.25, -0.2) is 4.98 Å². The van der Waals surface area contributed by atoms with Crippen molar-refractivity contribution in [2.75, 3.05) is 19.6 Å². The van der Waals surface area contributed by atoms with Gasteiger partial charge in [0, 0.05) is 19.0 Å². The SMILES string of the molecule is FC(F)(F)c1cnc([C@@H]2CCCN(C[C@H]3CCC=CO3)C2)[nH]1. The van der Waals surface area contributed by atoms with E-state index in [4.69, 9.17) is 4.74 Å². The second-order valence-corrected chi connectivity index (χ2v) is 5.99. The summed E-state index contributed by atoms with van der Waals surface area (Å²) in [6.07, 6.45) is 4.33. The van der Waals surface area contributed by atoms with Gasteiger partial charge in [0.25, 0.3) is 0 Å². The summed E-state index contributed by atoms with van der Waals surface area (Å²) in [5.41, 5.74) is -0.764. The summed E-state index contributed by atoms with van der Waals surface area (Å²) < 4.78 is 43.5. The van der Waals surface area contributed by atoms with Gasteiger partial charge in [0.2, 0.25) is 0 Å². The first-order valence-corrected chi connectivity index (χ1v) is 7.67. The molecule has 2 atom stereocenters. The van der Waals surface area contributed by atoms with E-state index in [1.165, 1.54) is 0 Å². The molecular formula is C15H20F3N3O. The number of nitrogens with one attached hydrogen (secondary N) is 1. The van der Waals surface area contributed by atoms with E-state index in [1.54, 1.807) is 6.26 Å². The van der Waals surface area contributed by atoms with Crippen LogP contribution in [-0.2, 0) is 10.9 Å². The largest absolute Gasteiger partial charge is 0.497 e. The molecule has 0 bridgehead atoms. The summed E-state index contributed by atoms with van der Waals surface area (Å²) in [5.74, 6) is 0.477. The van der Waals surface area contributed by atoms with Crippen molar-refractivity contribution in [1.29, 1.82) is 0 Å². The molecule has 0 unspecified atom stereocenters. The molecule has 0 amide bonds. The van der Waals surface area contributed by atoms with Gasteiger partial charge in [0.1, 0.15) is 17.6 Å². The third kappa shape index (κ3) is 3.63. The number of likely N-dealkylation sites (tertiary alicyclic amines) is 1. The van der Waals surface area contributed by atoms with Crippen molar-refractivity contribution in [1.82, 2.24) is 14.9 Å². The van der Waals surface area contributed by atoms with Gasteiger partial charge in [-0.05, 0) is 38.3 Å². The number of rotatable bonds is 3.